The average Bonchev–Trinajstić information content (AvgIpc) is 2.46. The fourth-order valence-corrected chi connectivity index (χ4v) is 2.20. The van der Waals surface area contributed by atoms with Crippen molar-refractivity contribution in [3.8, 4) is 0 Å². The maximum atomic E-state index is 11.0. The van der Waals surface area contributed by atoms with E-state index in [4.69, 9.17) is 11.6 Å². The summed E-state index contributed by atoms with van der Waals surface area (Å²) in [4.78, 5) is 0. The minimum atomic E-state index is -0.759. The molecule has 0 fully saturated rings. The van der Waals surface area contributed by atoms with Gasteiger partial charge in [-0.25, -0.2) is 0 Å². The number of hydrogen-bond acceptors (Lipinski definition) is 3. The largest absolute Gasteiger partial charge is 0.301 e. The van der Waals surface area contributed by atoms with Gasteiger partial charge in [0, 0.05) is 34.8 Å². The molecule has 0 aliphatic heterocycles. The molecule has 1 aromatic heterocycles. The van der Waals surface area contributed by atoms with Gasteiger partial charge in [-0.3, -0.25) is 4.21 Å². The quantitative estimate of drug-likeness (QED) is 0.835. The van der Waals surface area contributed by atoms with Crippen molar-refractivity contribution in [3.05, 3.63) is 11.1 Å². The van der Waals surface area contributed by atoms with E-state index in [0.29, 0.717) is 11.0 Å². The second-order valence-corrected chi connectivity index (χ2v) is 6.72. The second-order valence-electron chi connectivity index (χ2n) is 4.83. The van der Waals surface area contributed by atoms with Gasteiger partial charge in [-0.15, -0.1) is 10.2 Å². The van der Waals surface area contributed by atoms with E-state index in [1.807, 2.05) is 4.57 Å². The lowest BCUT2D eigenvalue weighted by molar-refractivity contribution is 0.495. The van der Waals surface area contributed by atoms with Crippen LogP contribution in [0.15, 0.2) is 0 Å². The second kappa shape index (κ2) is 5.27. The molecule has 0 saturated heterocycles. The van der Waals surface area contributed by atoms with E-state index in [1.54, 1.807) is 6.26 Å². The van der Waals surface area contributed by atoms with E-state index in [-0.39, 0.29) is 5.41 Å². The van der Waals surface area contributed by atoms with Crippen LogP contribution in [-0.4, -0.2) is 31.0 Å². The highest BCUT2D eigenvalue weighted by atomic mass is 35.5. The van der Waals surface area contributed by atoms with E-state index in [2.05, 4.69) is 31.0 Å². The topological polar surface area (TPSA) is 47.8 Å². The molecule has 1 heterocycles. The van der Waals surface area contributed by atoms with Crippen LogP contribution in [0.1, 0.15) is 33.0 Å². The molecule has 1 unspecified atom stereocenters. The molecule has 0 aromatic carbocycles. The first-order valence-corrected chi connectivity index (χ1v) is 7.32. The van der Waals surface area contributed by atoms with Gasteiger partial charge in [-0.2, -0.15) is 0 Å². The Morgan fingerprint density at radius 1 is 1.38 bits per heavy atom. The lowest BCUT2D eigenvalue weighted by Crippen LogP contribution is -2.19. The van der Waals surface area contributed by atoms with Crippen LogP contribution in [0, 0.1) is 0 Å². The summed E-state index contributed by atoms with van der Waals surface area (Å²) >= 11 is 5.98. The molecule has 4 nitrogen and oxygen atoms in total. The zero-order valence-corrected chi connectivity index (χ0v) is 11.7. The molecule has 0 bridgehead atoms. The molecule has 6 heteroatoms. The highest BCUT2D eigenvalue weighted by Crippen LogP contribution is 2.22. The summed E-state index contributed by atoms with van der Waals surface area (Å²) in [6.45, 7) is 6.93. The molecule has 0 aliphatic rings. The van der Waals surface area contributed by atoms with Crippen molar-refractivity contribution in [2.45, 2.75) is 39.2 Å². The lowest BCUT2D eigenvalue weighted by atomic mass is 9.96. The van der Waals surface area contributed by atoms with E-state index in [0.717, 1.165) is 18.8 Å². The Bertz CT molecular complexity index is 384. The van der Waals surface area contributed by atoms with Crippen LogP contribution >= 0.6 is 11.6 Å². The highest BCUT2D eigenvalue weighted by Gasteiger charge is 2.22. The number of nitrogens with zero attached hydrogens (tertiary/aromatic N) is 3. The van der Waals surface area contributed by atoms with Crippen LogP contribution in [0.25, 0.3) is 0 Å². The first-order chi connectivity index (χ1) is 7.32. The third-order valence-electron chi connectivity index (χ3n) is 2.19. The highest BCUT2D eigenvalue weighted by molar-refractivity contribution is 7.84. The predicted octanol–water partition coefficient (Wildman–Crippen LogP) is 2.00. The van der Waals surface area contributed by atoms with Crippen molar-refractivity contribution in [3.63, 3.8) is 0 Å². The van der Waals surface area contributed by atoms with Gasteiger partial charge in [-0.05, 0) is 18.0 Å². The van der Waals surface area contributed by atoms with Gasteiger partial charge >= 0.3 is 0 Å². The van der Waals surface area contributed by atoms with Crippen LogP contribution in [0.5, 0.6) is 0 Å². The molecule has 0 saturated carbocycles. The molecular formula is C10H18ClN3OS. The first kappa shape index (κ1) is 13.6. The molecule has 92 valence electrons. The minimum absolute atomic E-state index is 0.0779. The van der Waals surface area contributed by atoms with Gasteiger partial charge < -0.3 is 4.57 Å². The molecule has 1 atom stereocenters. The molecule has 0 aliphatic carbocycles. The van der Waals surface area contributed by atoms with Gasteiger partial charge in [0.05, 0.1) is 0 Å². The Kier molecular flexibility index (Phi) is 4.50. The molecule has 16 heavy (non-hydrogen) atoms. The van der Waals surface area contributed by atoms with Crippen LogP contribution in [-0.2, 0) is 22.8 Å². The van der Waals surface area contributed by atoms with E-state index >= 15 is 0 Å². The molecule has 0 spiro atoms. The third kappa shape index (κ3) is 3.56. The maximum Gasteiger partial charge on any atom is 0.225 e. The third-order valence-corrected chi connectivity index (χ3v) is 3.33. The smallest absolute Gasteiger partial charge is 0.225 e. The summed E-state index contributed by atoms with van der Waals surface area (Å²) < 4.78 is 12.9. The maximum absolute atomic E-state index is 11.0. The summed E-state index contributed by atoms with van der Waals surface area (Å²) in [5.41, 5.74) is -0.0779. The summed E-state index contributed by atoms with van der Waals surface area (Å²) in [6, 6.07) is 0. The Hall–Kier alpha value is -0.420. The average molecular weight is 264 g/mol. The zero-order valence-electron chi connectivity index (χ0n) is 10.2. The molecule has 0 radical (unpaired) electrons. The van der Waals surface area contributed by atoms with Gasteiger partial charge in [-0.1, -0.05) is 20.8 Å². The lowest BCUT2D eigenvalue weighted by Gasteiger charge is -2.18. The van der Waals surface area contributed by atoms with Gasteiger partial charge in [0.1, 0.15) is 5.82 Å². The Morgan fingerprint density at radius 3 is 2.50 bits per heavy atom. The van der Waals surface area contributed by atoms with Crippen molar-refractivity contribution in [2.75, 3.05) is 12.0 Å². The SMILES string of the molecule is CS(=O)CCCn1c(Cl)nnc1C(C)(C)C. The monoisotopic (exact) mass is 263 g/mol. The van der Waals surface area contributed by atoms with Crippen molar-refractivity contribution >= 4 is 22.4 Å². The Morgan fingerprint density at radius 2 is 2.00 bits per heavy atom. The normalized spacial score (nSPS) is 14.1. The van der Waals surface area contributed by atoms with Crippen LogP contribution in [0.2, 0.25) is 5.28 Å². The van der Waals surface area contributed by atoms with Crippen molar-refractivity contribution < 1.29 is 4.21 Å². The summed E-state index contributed by atoms with van der Waals surface area (Å²) in [5, 5.41) is 8.38. The fourth-order valence-electron chi connectivity index (χ4n) is 1.46. The van der Waals surface area contributed by atoms with Gasteiger partial charge in [0.2, 0.25) is 5.28 Å². The standard InChI is InChI=1S/C10H18ClN3OS/c1-10(2,3)8-12-13-9(11)14(8)6-5-7-16(4)15/h5-7H2,1-4H3. The zero-order chi connectivity index (χ0) is 12.3. The summed E-state index contributed by atoms with van der Waals surface area (Å²) in [6.07, 6.45) is 2.53. The number of rotatable bonds is 4. The number of aromatic nitrogens is 3. The molecular weight excluding hydrogens is 246 g/mol. The van der Waals surface area contributed by atoms with Crippen LogP contribution in [0.3, 0.4) is 0 Å². The van der Waals surface area contributed by atoms with Crippen molar-refractivity contribution in [1.29, 1.82) is 0 Å². The summed E-state index contributed by atoms with van der Waals surface area (Å²) in [7, 11) is -0.759. The van der Waals surface area contributed by atoms with Crippen molar-refractivity contribution in [1.82, 2.24) is 14.8 Å². The predicted molar refractivity (Wildman–Crippen MR) is 67.3 cm³/mol. The Balaban J connectivity index is 2.78. The molecule has 0 N–H and O–H groups in total. The molecule has 0 amide bonds. The molecule has 1 aromatic rings. The fraction of sp³-hybridized carbons (Fsp3) is 0.800. The van der Waals surface area contributed by atoms with Crippen LogP contribution < -0.4 is 0 Å². The van der Waals surface area contributed by atoms with E-state index in [1.165, 1.54) is 0 Å². The Labute approximate surface area is 104 Å². The minimum Gasteiger partial charge on any atom is -0.301 e. The van der Waals surface area contributed by atoms with Gasteiger partial charge in [0.25, 0.3) is 0 Å². The molecule has 1 rings (SSSR count). The van der Waals surface area contributed by atoms with Crippen molar-refractivity contribution in [2.24, 2.45) is 0 Å². The number of hydrogen-bond donors (Lipinski definition) is 0. The number of halogens is 1. The van der Waals surface area contributed by atoms with E-state index in [9.17, 15) is 4.21 Å². The van der Waals surface area contributed by atoms with Crippen LogP contribution in [0.4, 0.5) is 0 Å². The van der Waals surface area contributed by atoms with E-state index < -0.39 is 10.8 Å². The first-order valence-electron chi connectivity index (χ1n) is 5.21. The van der Waals surface area contributed by atoms with Gasteiger partial charge in [0.15, 0.2) is 0 Å². The summed E-state index contributed by atoms with van der Waals surface area (Å²) in [5.74, 6) is 1.55.